The molecule has 0 fully saturated rings. The number of aliphatic imine (C=N–C) groups is 1. The van der Waals surface area contributed by atoms with Gasteiger partial charge in [-0.1, -0.05) is 0 Å². The number of carbonyl (C=O) groups excluding carboxylic acids is 6. The minimum absolute atomic E-state index is 0.0288. The van der Waals surface area contributed by atoms with E-state index < -0.39 is 70.5 Å². The highest BCUT2D eigenvalue weighted by Gasteiger charge is 2.35. The molecule has 0 unspecified atom stereocenters. The molecule has 25 heteroatoms. The van der Waals surface area contributed by atoms with Crippen molar-refractivity contribution in [2.45, 2.75) is 142 Å². The fraction of sp³-hybridized carbons (Fsp3) is 0.500. The van der Waals surface area contributed by atoms with Gasteiger partial charge in [-0.25, -0.2) is 29.0 Å². The number of anilines is 4. The number of guanidine groups is 1. The highest BCUT2D eigenvalue weighted by Crippen LogP contribution is 2.45. The average Bonchev–Trinajstić information content (AvgIpc) is 3.69. The number of rotatable bonds is 18. The lowest BCUT2D eigenvalue weighted by Crippen LogP contribution is -2.44. The van der Waals surface area contributed by atoms with E-state index in [0.29, 0.717) is 34.7 Å². The van der Waals surface area contributed by atoms with Crippen LogP contribution >= 0.6 is 23.1 Å². The maximum atomic E-state index is 14.8. The van der Waals surface area contributed by atoms with Gasteiger partial charge in [-0.15, -0.1) is 28.1 Å². The van der Waals surface area contributed by atoms with Gasteiger partial charge in [0.05, 0.1) is 37.7 Å². The van der Waals surface area contributed by atoms with Crippen LogP contribution in [0.25, 0.3) is 20.8 Å². The second-order valence-electron chi connectivity index (χ2n) is 21.3. The van der Waals surface area contributed by atoms with E-state index in [2.05, 4.69) is 36.9 Å². The van der Waals surface area contributed by atoms with Gasteiger partial charge in [0.25, 0.3) is 0 Å². The van der Waals surface area contributed by atoms with Crippen molar-refractivity contribution in [1.82, 2.24) is 26.3 Å². The number of nitrogens with two attached hydrogens (primary N) is 1. The number of alkyl halides is 3. The maximum absolute atomic E-state index is 14.8. The van der Waals surface area contributed by atoms with E-state index in [4.69, 9.17) is 29.7 Å². The minimum atomic E-state index is -4.96. The fourth-order valence-corrected chi connectivity index (χ4v) is 8.62. The number of alkyl carbamates (subject to hydrolysis) is 3. The number of urea groups is 1. The number of fused-ring (bicyclic) bond motifs is 1. The van der Waals surface area contributed by atoms with Gasteiger partial charge >= 0.3 is 36.6 Å². The lowest BCUT2D eigenvalue weighted by Gasteiger charge is -2.26. The molecule has 20 nitrogen and oxygen atoms in total. The molecule has 0 spiro atoms. The first-order valence-electron chi connectivity index (χ1n) is 24.7. The Labute approximate surface area is 454 Å². The first-order valence-corrected chi connectivity index (χ1v) is 26.5. The highest BCUT2D eigenvalue weighted by atomic mass is 32.2. The van der Waals surface area contributed by atoms with Crippen molar-refractivity contribution in [1.29, 1.82) is 0 Å². The standard InChI is InChI=1S/C52H71F3N10O10S2/c1-48(2,3)72-44(68)59-25-15-24-57-33-19-17-31(18-20-33)41-62-35-22-21-34(30-38(35)77-41)65(42(56)67)37-29-32(52(53,54)55)28-36(40(37)76-27-26-60-45(69)73-49(4,5)6)61-39(66)16-13-14-23-58-43(63-46(70)74-50(7,8)9)64-47(71)75-51(10,11)12/h17-22,28-30,57H,13-16,23-27H2,1-12H3,(H2,56,67)(H,59,68)(H,60,69)(H,61,66)(H2,58,63,64,70,71). The van der Waals surface area contributed by atoms with Gasteiger partial charge in [0.2, 0.25) is 11.9 Å². The van der Waals surface area contributed by atoms with Crippen LogP contribution in [0.4, 0.5) is 59.9 Å². The lowest BCUT2D eigenvalue weighted by molar-refractivity contribution is -0.137. The molecule has 0 aliphatic carbocycles. The summed E-state index contributed by atoms with van der Waals surface area (Å²) in [7, 11) is 0. The number of carbonyl (C=O) groups is 6. The van der Waals surface area contributed by atoms with Gasteiger partial charge in [-0.3, -0.25) is 15.0 Å². The molecule has 422 valence electrons. The predicted octanol–water partition coefficient (Wildman–Crippen LogP) is 11.7. The quantitative estimate of drug-likeness (QED) is 0.0161. The smallest absolute Gasteiger partial charge is 0.437 e. The molecule has 0 saturated heterocycles. The van der Waals surface area contributed by atoms with E-state index >= 15 is 0 Å². The molecule has 0 radical (unpaired) electrons. The van der Waals surface area contributed by atoms with Crippen molar-refractivity contribution in [2.24, 2.45) is 10.7 Å². The van der Waals surface area contributed by atoms with Crippen molar-refractivity contribution in [3.63, 3.8) is 0 Å². The zero-order valence-corrected chi connectivity index (χ0v) is 47.1. The molecule has 0 aliphatic rings. The molecule has 1 aromatic heterocycles. The summed E-state index contributed by atoms with van der Waals surface area (Å²) in [5, 5.41) is 17.0. The van der Waals surface area contributed by atoms with Gasteiger partial charge in [0.15, 0.2) is 0 Å². The van der Waals surface area contributed by atoms with Gasteiger partial charge in [0, 0.05) is 49.6 Å². The molecular formula is C52H71F3N10O10S2. The number of halogens is 3. The zero-order chi connectivity index (χ0) is 57.5. The lowest BCUT2D eigenvalue weighted by atomic mass is 10.1. The number of hydrogen-bond donors (Lipinski definition) is 7. The molecule has 0 aliphatic heterocycles. The summed E-state index contributed by atoms with van der Waals surface area (Å²) in [5.41, 5.74) is 3.34. The maximum Gasteiger partial charge on any atom is 0.437 e. The molecule has 3 aromatic carbocycles. The van der Waals surface area contributed by atoms with Gasteiger partial charge in [-0.2, -0.15) is 13.2 Å². The largest absolute Gasteiger partial charge is 0.444 e. The monoisotopic (exact) mass is 1120 g/mol. The molecule has 4 aromatic rings. The van der Waals surface area contributed by atoms with Crippen LogP contribution in [-0.4, -0.2) is 102 Å². The number of benzene rings is 3. The molecule has 0 atom stereocenters. The third-order valence-electron chi connectivity index (χ3n) is 9.60. The number of nitrogens with zero attached hydrogens (tertiary/aromatic N) is 3. The van der Waals surface area contributed by atoms with E-state index in [9.17, 15) is 41.9 Å². The summed E-state index contributed by atoms with van der Waals surface area (Å²) in [6.07, 6.45) is -7.22. The normalized spacial score (nSPS) is 12.3. The number of thioether (sulfide) groups is 1. The van der Waals surface area contributed by atoms with Crippen molar-refractivity contribution in [3.8, 4) is 10.6 Å². The summed E-state index contributed by atoms with van der Waals surface area (Å²) in [4.78, 5) is 86.2. The topological polar surface area (TPSA) is 266 Å². The Morgan fingerprint density at radius 1 is 0.688 bits per heavy atom. The van der Waals surface area contributed by atoms with Gasteiger partial charge in [-0.05, 0) is 157 Å². The minimum Gasteiger partial charge on any atom is -0.444 e. The number of ether oxygens (including phenoxy) is 4. The van der Waals surface area contributed by atoms with Crippen LogP contribution < -0.4 is 42.5 Å². The Hall–Kier alpha value is -7.02. The first-order chi connectivity index (χ1) is 35.6. The summed E-state index contributed by atoms with van der Waals surface area (Å²) in [6, 6.07) is 12.6. The molecule has 1 heterocycles. The molecule has 77 heavy (non-hydrogen) atoms. The van der Waals surface area contributed by atoms with Crippen molar-refractivity contribution in [2.75, 3.05) is 47.5 Å². The van der Waals surface area contributed by atoms with Crippen LogP contribution in [0.5, 0.6) is 0 Å². The first kappa shape index (κ1) is 62.5. The molecule has 4 rings (SSSR count). The van der Waals surface area contributed by atoms with E-state index in [1.54, 1.807) is 95.2 Å². The Balaban J connectivity index is 1.60. The zero-order valence-electron chi connectivity index (χ0n) is 45.5. The molecule has 0 bridgehead atoms. The van der Waals surface area contributed by atoms with E-state index in [-0.39, 0.29) is 66.0 Å². The Morgan fingerprint density at radius 3 is 1.86 bits per heavy atom. The van der Waals surface area contributed by atoms with E-state index in [1.807, 2.05) is 24.3 Å². The van der Waals surface area contributed by atoms with Gasteiger partial charge in [0.1, 0.15) is 27.4 Å². The molecular weight excluding hydrogens is 1050 g/mol. The predicted molar refractivity (Wildman–Crippen MR) is 294 cm³/mol. The number of thiazole rings is 1. The number of aromatic nitrogens is 1. The molecule has 7 amide bonds. The number of unbranched alkanes of at least 4 members (excludes halogenated alkanes) is 1. The Bertz CT molecular complexity index is 2750. The summed E-state index contributed by atoms with van der Waals surface area (Å²) < 4.78 is 66.2. The van der Waals surface area contributed by atoms with Crippen molar-refractivity contribution >= 4 is 98.3 Å². The van der Waals surface area contributed by atoms with Crippen LogP contribution in [0, 0.1) is 0 Å². The van der Waals surface area contributed by atoms with Crippen molar-refractivity contribution < 1.29 is 60.9 Å². The van der Waals surface area contributed by atoms with Crippen LogP contribution in [0.3, 0.4) is 0 Å². The molecule has 0 saturated carbocycles. The number of hydrogen-bond acceptors (Lipinski definition) is 14. The SMILES string of the molecule is CC(C)(C)OC(=O)N=C(NCCCCC(=O)Nc1cc(C(F)(F)F)cc(N(C(N)=O)c2ccc3nc(-c4ccc(NCCCNC(=O)OC(C)(C)C)cc4)sc3c2)c1SCCNC(=O)OC(C)(C)C)NC(=O)OC(C)(C)C. The third kappa shape index (κ3) is 22.6. The third-order valence-corrected chi connectivity index (χ3v) is 11.8. The number of amides is 7. The van der Waals surface area contributed by atoms with Crippen molar-refractivity contribution in [3.05, 3.63) is 60.2 Å². The fourth-order valence-electron chi connectivity index (χ4n) is 6.64. The summed E-state index contributed by atoms with van der Waals surface area (Å²) >= 11 is 2.24. The Kier molecular flexibility index (Phi) is 21.8. The Morgan fingerprint density at radius 2 is 1.27 bits per heavy atom. The second kappa shape index (κ2) is 26.8. The van der Waals surface area contributed by atoms with Gasteiger partial charge < -0.3 is 51.3 Å². The summed E-state index contributed by atoms with van der Waals surface area (Å²) in [5.74, 6) is -0.912. The van der Waals surface area contributed by atoms with Crippen LogP contribution in [-0.2, 0) is 29.9 Å². The average molecular weight is 1120 g/mol. The van der Waals surface area contributed by atoms with Crippen LogP contribution in [0.15, 0.2) is 64.5 Å². The summed E-state index contributed by atoms with van der Waals surface area (Å²) in [6.45, 7) is 21.3. The van der Waals surface area contributed by atoms with E-state index in [0.717, 1.165) is 40.0 Å². The van der Waals surface area contributed by atoms with Crippen LogP contribution in [0.1, 0.15) is 114 Å². The second-order valence-corrected chi connectivity index (χ2v) is 23.4. The van der Waals surface area contributed by atoms with Crippen LogP contribution in [0.2, 0.25) is 0 Å². The van der Waals surface area contributed by atoms with E-state index in [1.165, 1.54) is 17.4 Å². The number of nitrogens with one attached hydrogen (secondary N) is 6. The number of primary amides is 1. The highest BCUT2D eigenvalue weighted by molar-refractivity contribution is 7.99. The molecule has 8 N–H and O–H groups in total.